The third kappa shape index (κ3) is 2.92. The zero-order valence-corrected chi connectivity index (χ0v) is 12.9. The Bertz CT molecular complexity index is 1100. The average molecular weight is 336 g/mol. The summed E-state index contributed by atoms with van der Waals surface area (Å²) in [6.07, 6.45) is 1.52. The van der Waals surface area contributed by atoms with Crippen LogP contribution in [0.1, 0.15) is 16.4 Å². The van der Waals surface area contributed by atoms with E-state index in [1.807, 2.05) is 0 Å². The summed E-state index contributed by atoms with van der Waals surface area (Å²) in [5.41, 5.74) is 0.0895. The van der Waals surface area contributed by atoms with Crippen LogP contribution in [0.5, 0.6) is 0 Å². The number of nitrogens with one attached hydrogen (secondary N) is 2. The Morgan fingerprint density at radius 2 is 2.08 bits per heavy atom. The first-order valence-corrected chi connectivity index (χ1v) is 7.47. The molecule has 4 rings (SSSR count). The number of H-pyrrole nitrogens is 1. The van der Waals surface area contributed by atoms with E-state index in [9.17, 15) is 9.59 Å². The maximum absolute atomic E-state index is 12.2. The van der Waals surface area contributed by atoms with Gasteiger partial charge in [-0.2, -0.15) is 0 Å². The molecule has 0 spiro atoms. The second kappa shape index (κ2) is 6.08. The predicted octanol–water partition coefficient (Wildman–Crippen LogP) is 2.10. The van der Waals surface area contributed by atoms with Crippen molar-refractivity contribution in [3.63, 3.8) is 0 Å². The first kappa shape index (κ1) is 14.9. The van der Waals surface area contributed by atoms with Gasteiger partial charge in [0.1, 0.15) is 11.4 Å². The van der Waals surface area contributed by atoms with E-state index in [0.29, 0.717) is 28.4 Å². The number of nitrogens with zero attached hydrogens (tertiary/aromatic N) is 2. The molecule has 0 aliphatic heterocycles. The highest BCUT2D eigenvalue weighted by atomic mass is 16.3. The van der Waals surface area contributed by atoms with Crippen molar-refractivity contribution < 1.29 is 13.6 Å². The number of fused-ring (bicyclic) bond motifs is 1. The van der Waals surface area contributed by atoms with Crippen molar-refractivity contribution in [2.75, 3.05) is 0 Å². The molecule has 0 aliphatic rings. The minimum atomic E-state index is -0.515. The van der Waals surface area contributed by atoms with Crippen LogP contribution in [0.3, 0.4) is 0 Å². The number of carbonyl (C=O) groups is 1. The van der Waals surface area contributed by atoms with E-state index in [4.69, 9.17) is 8.83 Å². The van der Waals surface area contributed by atoms with Crippen LogP contribution in [0.15, 0.2) is 62.4 Å². The molecule has 8 nitrogen and oxygen atoms in total. The number of carbonyl (C=O) groups excluding carboxylic acids is 1. The monoisotopic (exact) mass is 336 g/mol. The number of para-hydroxylation sites is 1. The Labute approximate surface area is 140 Å². The second-order valence-corrected chi connectivity index (χ2v) is 5.24. The van der Waals surface area contributed by atoms with Crippen molar-refractivity contribution in [3.8, 4) is 11.6 Å². The van der Waals surface area contributed by atoms with Gasteiger partial charge in [0, 0.05) is 6.07 Å². The molecule has 0 radical (unpaired) electrons. The summed E-state index contributed by atoms with van der Waals surface area (Å²) >= 11 is 0. The van der Waals surface area contributed by atoms with Crippen LogP contribution in [0.2, 0.25) is 0 Å². The van der Waals surface area contributed by atoms with Gasteiger partial charge in [-0.1, -0.05) is 12.1 Å². The van der Waals surface area contributed by atoms with Gasteiger partial charge >= 0.3 is 0 Å². The molecule has 4 aromatic rings. The highest BCUT2D eigenvalue weighted by molar-refractivity contribution is 5.93. The lowest BCUT2D eigenvalue weighted by atomic mass is 10.2. The normalized spacial score (nSPS) is 10.9. The minimum absolute atomic E-state index is 0.0607. The molecular weight excluding hydrogens is 324 g/mol. The lowest BCUT2D eigenvalue weighted by Crippen LogP contribution is -2.24. The highest BCUT2D eigenvalue weighted by Crippen LogP contribution is 2.14. The second-order valence-electron chi connectivity index (χ2n) is 5.24. The topological polar surface area (TPSA) is 114 Å². The summed E-state index contributed by atoms with van der Waals surface area (Å²) in [5.74, 6) is 0.789. The molecule has 1 amide bonds. The number of benzene rings is 1. The van der Waals surface area contributed by atoms with Crippen LogP contribution in [-0.4, -0.2) is 21.1 Å². The molecule has 0 saturated carbocycles. The average Bonchev–Trinajstić information content (AvgIpc) is 3.31. The van der Waals surface area contributed by atoms with E-state index in [1.165, 1.54) is 12.3 Å². The molecule has 8 heteroatoms. The quantitative estimate of drug-likeness (QED) is 0.590. The third-order valence-electron chi connectivity index (χ3n) is 3.55. The Hall–Kier alpha value is -3.68. The molecule has 3 heterocycles. The number of aromatic nitrogens is 3. The van der Waals surface area contributed by atoms with Crippen molar-refractivity contribution >= 4 is 16.9 Å². The van der Waals surface area contributed by atoms with Gasteiger partial charge in [-0.05, 0) is 24.3 Å². The van der Waals surface area contributed by atoms with Crippen LogP contribution < -0.4 is 10.7 Å². The van der Waals surface area contributed by atoms with E-state index < -0.39 is 5.91 Å². The molecule has 2 N–H and O–H groups in total. The summed E-state index contributed by atoms with van der Waals surface area (Å²) < 4.78 is 10.7. The number of hydrogen-bond acceptors (Lipinski definition) is 6. The van der Waals surface area contributed by atoms with E-state index in [1.54, 1.807) is 36.4 Å². The number of hydrogen-bond donors (Lipinski definition) is 2. The summed E-state index contributed by atoms with van der Waals surface area (Å²) in [6.45, 7) is 0.100. The third-order valence-corrected chi connectivity index (χ3v) is 3.55. The molecule has 0 saturated heterocycles. The number of amides is 1. The fourth-order valence-electron chi connectivity index (χ4n) is 2.36. The number of aromatic amines is 1. The molecule has 3 aromatic heterocycles. The summed E-state index contributed by atoms with van der Waals surface area (Å²) in [4.78, 5) is 28.5. The zero-order chi connectivity index (χ0) is 17.2. The molecule has 25 heavy (non-hydrogen) atoms. The first-order chi connectivity index (χ1) is 12.2. The lowest BCUT2D eigenvalue weighted by Gasteiger charge is -2.03. The molecule has 0 unspecified atom stereocenters. The van der Waals surface area contributed by atoms with Crippen molar-refractivity contribution in [1.82, 2.24) is 20.5 Å². The van der Waals surface area contributed by atoms with E-state index in [-0.39, 0.29) is 17.7 Å². The molecule has 0 bridgehead atoms. The van der Waals surface area contributed by atoms with Gasteiger partial charge in [-0.15, -0.1) is 5.10 Å². The van der Waals surface area contributed by atoms with Gasteiger partial charge in [0.05, 0.1) is 18.2 Å². The molecule has 0 aliphatic carbocycles. The van der Waals surface area contributed by atoms with Crippen molar-refractivity contribution in [2.24, 2.45) is 0 Å². The van der Waals surface area contributed by atoms with Gasteiger partial charge in [-0.25, -0.2) is 4.98 Å². The zero-order valence-electron chi connectivity index (χ0n) is 12.9. The Morgan fingerprint density at radius 3 is 2.92 bits per heavy atom. The highest BCUT2D eigenvalue weighted by Gasteiger charge is 2.13. The predicted molar refractivity (Wildman–Crippen MR) is 87.7 cm³/mol. The van der Waals surface area contributed by atoms with E-state index >= 15 is 0 Å². The maximum atomic E-state index is 12.2. The van der Waals surface area contributed by atoms with Gasteiger partial charge < -0.3 is 14.2 Å². The maximum Gasteiger partial charge on any atom is 0.287 e. The van der Waals surface area contributed by atoms with Crippen LogP contribution in [0.4, 0.5) is 0 Å². The van der Waals surface area contributed by atoms with Gasteiger partial charge in [0.2, 0.25) is 5.82 Å². The number of rotatable bonds is 4. The van der Waals surface area contributed by atoms with Crippen molar-refractivity contribution in [1.29, 1.82) is 0 Å². The summed E-state index contributed by atoms with van der Waals surface area (Å²) in [5, 5.41) is 9.78. The molecule has 124 valence electrons. The van der Waals surface area contributed by atoms with Gasteiger partial charge in [-0.3, -0.25) is 14.7 Å². The fraction of sp³-hybridized carbons (Fsp3) is 0.0588. The van der Waals surface area contributed by atoms with Crippen LogP contribution >= 0.6 is 0 Å². The lowest BCUT2D eigenvalue weighted by molar-refractivity contribution is 0.0922. The largest absolute Gasteiger partial charge is 0.461 e. The standard InChI is InChI=1S/C17H12N4O4/c22-11-8-14(25-12-5-2-1-4-10(11)12)17(23)18-9-15-19-16(21-20-15)13-6-3-7-24-13/h1-8H,9H2,(H,18,23)(H,19,20,21). The number of furan rings is 1. The van der Waals surface area contributed by atoms with Crippen LogP contribution in [0, 0.1) is 0 Å². The Balaban J connectivity index is 1.50. The Morgan fingerprint density at radius 1 is 1.20 bits per heavy atom. The van der Waals surface area contributed by atoms with Crippen LogP contribution in [-0.2, 0) is 6.54 Å². The summed E-state index contributed by atoms with van der Waals surface area (Å²) in [7, 11) is 0. The minimum Gasteiger partial charge on any atom is -0.461 e. The van der Waals surface area contributed by atoms with Gasteiger partial charge in [0.15, 0.2) is 16.9 Å². The fourth-order valence-corrected chi connectivity index (χ4v) is 2.36. The van der Waals surface area contributed by atoms with E-state index in [0.717, 1.165) is 0 Å². The van der Waals surface area contributed by atoms with Crippen molar-refractivity contribution in [2.45, 2.75) is 6.54 Å². The Kier molecular flexibility index (Phi) is 3.62. The van der Waals surface area contributed by atoms with Crippen molar-refractivity contribution in [3.05, 3.63) is 70.5 Å². The molecule has 0 fully saturated rings. The van der Waals surface area contributed by atoms with Gasteiger partial charge in [0.25, 0.3) is 5.91 Å². The molecule has 1 aromatic carbocycles. The smallest absolute Gasteiger partial charge is 0.287 e. The van der Waals surface area contributed by atoms with E-state index in [2.05, 4.69) is 20.5 Å². The summed E-state index contributed by atoms with van der Waals surface area (Å²) in [6, 6.07) is 11.4. The molecular formula is C17H12N4O4. The molecule has 0 atom stereocenters. The SMILES string of the molecule is O=C(NCc1nc(-c2ccco2)n[nH]1)c1cc(=O)c2ccccc2o1. The van der Waals surface area contributed by atoms with Crippen LogP contribution in [0.25, 0.3) is 22.6 Å². The first-order valence-electron chi connectivity index (χ1n) is 7.47.